The van der Waals surface area contributed by atoms with E-state index < -0.39 is 0 Å². The van der Waals surface area contributed by atoms with Crippen LogP contribution < -0.4 is 5.73 Å². The van der Waals surface area contributed by atoms with Crippen LogP contribution in [0.15, 0.2) is 24.3 Å². The van der Waals surface area contributed by atoms with Gasteiger partial charge in [-0.2, -0.15) is 0 Å². The molecule has 0 saturated carbocycles. The first-order valence-electron chi connectivity index (χ1n) is 5.47. The standard InChI is InChI=1S/C12H15IN2O/c13-10-4-1-3-9(7-10)12(16)15-6-2-5-11(14)8-15/h1,3-4,7,11H,2,5-6,8,14H2/t11-/m0/s1. The predicted molar refractivity (Wildman–Crippen MR) is 72.3 cm³/mol. The minimum atomic E-state index is 0.105. The van der Waals surface area contributed by atoms with Crippen LogP contribution in [0.3, 0.4) is 0 Å². The van der Waals surface area contributed by atoms with Crippen LogP contribution in [0.25, 0.3) is 0 Å². The number of rotatable bonds is 1. The Balaban J connectivity index is 2.12. The molecule has 0 radical (unpaired) electrons. The number of hydrogen-bond donors (Lipinski definition) is 1. The normalized spacial score (nSPS) is 20.9. The Hall–Kier alpha value is -0.620. The van der Waals surface area contributed by atoms with Gasteiger partial charge in [0, 0.05) is 28.3 Å². The summed E-state index contributed by atoms with van der Waals surface area (Å²) in [4.78, 5) is 14.0. The maximum Gasteiger partial charge on any atom is 0.253 e. The maximum atomic E-state index is 12.2. The van der Waals surface area contributed by atoms with E-state index >= 15 is 0 Å². The Bertz CT molecular complexity index is 394. The van der Waals surface area contributed by atoms with Crippen molar-refractivity contribution in [2.45, 2.75) is 18.9 Å². The second-order valence-electron chi connectivity index (χ2n) is 4.16. The highest BCUT2D eigenvalue weighted by molar-refractivity contribution is 14.1. The van der Waals surface area contributed by atoms with Crippen molar-refractivity contribution in [1.82, 2.24) is 4.90 Å². The van der Waals surface area contributed by atoms with Gasteiger partial charge < -0.3 is 10.6 Å². The van der Waals surface area contributed by atoms with Crippen LogP contribution in [0.4, 0.5) is 0 Å². The number of piperidine rings is 1. The lowest BCUT2D eigenvalue weighted by atomic mass is 10.1. The number of carbonyl (C=O) groups is 1. The van der Waals surface area contributed by atoms with Crippen LogP contribution in [-0.2, 0) is 0 Å². The summed E-state index contributed by atoms with van der Waals surface area (Å²) < 4.78 is 1.09. The van der Waals surface area contributed by atoms with Crippen molar-refractivity contribution in [3.8, 4) is 0 Å². The third-order valence-corrected chi connectivity index (χ3v) is 3.49. The van der Waals surface area contributed by atoms with Crippen LogP contribution in [0.5, 0.6) is 0 Å². The molecule has 86 valence electrons. The average molecular weight is 330 g/mol. The van der Waals surface area contributed by atoms with Crippen molar-refractivity contribution in [2.75, 3.05) is 13.1 Å². The third kappa shape index (κ3) is 2.74. The van der Waals surface area contributed by atoms with Gasteiger partial charge in [0.2, 0.25) is 0 Å². The molecule has 1 heterocycles. The zero-order valence-electron chi connectivity index (χ0n) is 9.03. The second kappa shape index (κ2) is 5.14. The van der Waals surface area contributed by atoms with Gasteiger partial charge >= 0.3 is 0 Å². The van der Waals surface area contributed by atoms with Gasteiger partial charge in [-0.05, 0) is 53.6 Å². The molecule has 16 heavy (non-hydrogen) atoms. The van der Waals surface area contributed by atoms with E-state index in [1.165, 1.54) is 0 Å². The summed E-state index contributed by atoms with van der Waals surface area (Å²) in [5.74, 6) is 0.105. The summed E-state index contributed by atoms with van der Waals surface area (Å²) >= 11 is 2.22. The van der Waals surface area contributed by atoms with Gasteiger partial charge in [0.05, 0.1) is 0 Å². The minimum Gasteiger partial charge on any atom is -0.337 e. The van der Waals surface area contributed by atoms with Gasteiger partial charge in [0.1, 0.15) is 0 Å². The van der Waals surface area contributed by atoms with Crippen molar-refractivity contribution < 1.29 is 4.79 Å². The molecule has 0 unspecified atom stereocenters. The van der Waals surface area contributed by atoms with Crippen molar-refractivity contribution in [3.05, 3.63) is 33.4 Å². The largest absolute Gasteiger partial charge is 0.337 e. The molecule has 1 atom stereocenters. The molecule has 1 amide bonds. The summed E-state index contributed by atoms with van der Waals surface area (Å²) in [5.41, 5.74) is 6.64. The summed E-state index contributed by atoms with van der Waals surface area (Å²) in [7, 11) is 0. The van der Waals surface area contributed by atoms with E-state index in [2.05, 4.69) is 22.6 Å². The topological polar surface area (TPSA) is 46.3 Å². The molecule has 2 rings (SSSR count). The fourth-order valence-electron chi connectivity index (χ4n) is 2.00. The molecule has 0 aliphatic carbocycles. The average Bonchev–Trinajstić information content (AvgIpc) is 2.28. The summed E-state index contributed by atoms with van der Waals surface area (Å²) in [6.07, 6.45) is 2.03. The summed E-state index contributed by atoms with van der Waals surface area (Å²) in [6.45, 7) is 1.52. The van der Waals surface area contributed by atoms with E-state index in [0.717, 1.165) is 28.5 Å². The van der Waals surface area contributed by atoms with E-state index in [1.807, 2.05) is 29.2 Å². The number of amides is 1. The number of benzene rings is 1. The second-order valence-corrected chi connectivity index (χ2v) is 5.41. The quantitative estimate of drug-likeness (QED) is 0.799. The highest BCUT2D eigenvalue weighted by Crippen LogP contribution is 2.14. The van der Waals surface area contributed by atoms with Gasteiger partial charge in [-0.15, -0.1) is 0 Å². The predicted octanol–water partition coefficient (Wildman–Crippen LogP) is 1.85. The molecule has 1 aromatic rings. The van der Waals surface area contributed by atoms with E-state index in [4.69, 9.17) is 5.73 Å². The van der Waals surface area contributed by atoms with Crippen LogP contribution in [0, 0.1) is 3.57 Å². The SMILES string of the molecule is N[C@H]1CCCN(C(=O)c2cccc(I)c2)C1. The zero-order valence-corrected chi connectivity index (χ0v) is 11.2. The highest BCUT2D eigenvalue weighted by atomic mass is 127. The van der Waals surface area contributed by atoms with Crippen molar-refractivity contribution >= 4 is 28.5 Å². The molecule has 0 aromatic heterocycles. The molecule has 0 spiro atoms. The minimum absolute atomic E-state index is 0.105. The van der Waals surface area contributed by atoms with Crippen LogP contribution in [-0.4, -0.2) is 29.9 Å². The number of carbonyl (C=O) groups excluding carboxylic acids is 1. The molecule has 1 fully saturated rings. The highest BCUT2D eigenvalue weighted by Gasteiger charge is 2.22. The smallest absolute Gasteiger partial charge is 0.253 e. The van der Waals surface area contributed by atoms with Gasteiger partial charge in [0.25, 0.3) is 5.91 Å². The van der Waals surface area contributed by atoms with E-state index in [0.29, 0.717) is 6.54 Å². The molecule has 1 aliphatic rings. The molecule has 2 N–H and O–H groups in total. The lowest BCUT2D eigenvalue weighted by Gasteiger charge is -2.30. The summed E-state index contributed by atoms with van der Waals surface area (Å²) in [6, 6.07) is 7.83. The molecule has 1 saturated heterocycles. The van der Waals surface area contributed by atoms with Crippen molar-refractivity contribution in [1.29, 1.82) is 0 Å². The van der Waals surface area contributed by atoms with Crippen molar-refractivity contribution in [2.24, 2.45) is 5.73 Å². The Morgan fingerprint density at radius 3 is 3.00 bits per heavy atom. The summed E-state index contributed by atoms with van der Waals surface area (Å²) in [5, 5.41) is 0. The molecule has 4 heteroatoms. The zero-order chi connectivity index (χ0) is 11.5. The number of nitrogens with zero attached hydrogens (tertiary/aromatic N) is 1. The first kappa shape index (κ1) is 11.9. The lowest BCUT2D eigenvalue weighted by Crippen LogP contribution is -2.45. The first-order valence-corrected chi connectivity index (χ1v) is 6.55. The molecular formula is C12H15IN2O. The molecular weight excluding hydrogens is 315 g/mol. The van der Waals surface area contributed by atoms with E-state index in [-0.39, 0.29) is 11.9 Å². The van der Waals surface area contributed by atoms with Crippen LogP contribution in [0.2, 0.25) is 0 Å². The Labute approximate surface area is 109 Å². The van der Waals surface area contributed by atoms with E-state index in [1.54, 1.807) is 0 Å². The van der Waals surface area contributed by atoms with Gasteiger partial charge in [-0.1, -0.05) is 6.07 Å². The maximum absolute atomic E-state index is 12.2. The molecule has 3 nitrogen and oxygen atoms in total. The third-order valence-electron chi connectivity index (χ3n) is 2.82. The van der Waals surface area contributed by atoms with Gasteiger partial charge in [0.15, 0.2) is 0 Å². The fourth-order valence-corrected chi connectivity index (χ4v) is 2.54. The number of likely N-dealkylation sites (tertiary alicyclic amines) is 1. The Morgan fingerprint density at radius 2 is 2.31 bits per heavy atom. The van der Waals surface area contributed by atoms with Gasteiger partial charge in [-0.25, -0.2) is 0 Å². The van der Waals surface area contributed by atoms with Gasteiger partial charge in [-0.3, -0.25) is 4.79 Å². The van der Waals surface area contributed by atoms with Crippen molar-refractivity contribution in [3.63, 3.8) is 0 Å². The van der Waals surface area contributed by atoms with E-state index in [9.17, 15) is 4.79 Å². The van der Waals surface area contributed by atoms with Crippen LogP contribution >= 0.6 is 22.6 Å². The Kier molecular flexibility index (Phi) is 3.81. The molecule has 1 aromatic carbocycles. The monoisotopic (exact) mass is 330 g/mol. The number of nitrogens with two attached hydrogens (primary N) is 1. The molecule has 1 aliphatic heterocycles. The Morgan fingerprint density at radius 1 is 1.50 bits per heavy atom. The number of hydrogen-bond acceptors (Lipinski definition) is 2. The fraction of sp³-hybridized carbons (Fsp3) is 0.417. The molecule has 0 bridgehead atoms. The first-order chi connectivity index (χ1) is 7.66. The number of halogens is 1. The lowest BCUT2D eigenvalue weighted by molar-refractivity contribution is 0.0709. The van der Waals surface area contributed by atoms with Crippen LogP contribution in [0.1, 0.15) is 23.2 Å².